The molecule has 1 saturated heterocycles. The molecule has 1 heterocycles. The molecule has 2 bridgehead atoms. The standard InChI is InChI=1S/C25H19NO3/c1-14-10-12-15(13-11-14)26-23(27)21-20-16-6-2-4-8-18(16)25(29,22(21)24(26)28)19-9-5-3-7-17(19)20/h2-13,20-22,29H,1H3/t20?,21-,22+,25?/m0/s1. The van der Waals surface area contributed by atoms with Gasteiger partial charge < -0.3 is 5.11 Å². The van der Waals surface area contributed by atoms with Crippen molar-refractivity contribution in [2.75, 3.05) is 4.90 Å². The maximum absolute atomic E-state index is 13.6. The van der Waals surface area contributed by atoms with Gasteiger partial charge in [0.05, 0.1) is 17.5 Å². The molecule has 29 heavy (non-hydrogen) atoms. The number of amides is 2. The number of hydrogen-bond acceptors (Lipinski definition) is 3. The predicted molar refractivity (Wildman–Crippen MR) is 108 cm³/mol. The first-order valence-electron chi connectivity index (χ1n) is 9.89. The molecule has 1 N–H and O–H groups in total. The summed E-state index contributed by atoms with van der Waals surface area (Å²) in [6.07, 6.45) is 0. The van der Waals surface area contributed by atoms with Crippen LogP contribution in [-0.2, 0) is 15.2 Å². The monoisotopic (exact) mass is 381 g/mol. The lowest BCUT2D eigenvalue weighted by Crippen LogP contribution is -2.53. The molecule has 0 unspecified atom stereocenters. The summed E-state index contributed by atoms with van der Waals surface area (Å²) in [5.41, 5.74) is 3.51. The summed E-state index contributed by atoms with van der Waals surface area (Å²) < 4.78 is 0. The van der Waals surface area contributed by atoms with E-state index in [1.54, 1.807) is 12.1 Å². The van der Waals surface area contributed by atoms with Gasteiger partial charge in [-0.25, -0.2) is 4.90 Å². The van der Waals surface area contributed by atoms with Crippen LogP contribution in [0.5, 0.6) is 0 Å². The molecule has 0 radical (unpaired) electrons. The number of carbonyl (C=O) groups excluding carboxylic acids is 2. The van der Waals surface area contributed by atoms with Crippen molar-refractivity contribution in [3.63, 3.8) is 0 Å². The maximum Gasteiger partial charge on any atom is 0.241 e. The Morgan fingerprint density at radius 1 is 0.793 bits per heavy atom. The first-order chi connectivity index (χ1) is 14.0. The molecule has 4 nitrogen and oxygen atoms in total. The van der Waals surface area contributed by atoms with Gasteiger partial charge in [-0.1, -0.05) is 66.2 Å². The van der Waals surface area contributed by atoms with Crippen molar-refractivity contribution in [2.45, 2.75) is 18.4 Å². The highest BCUT2D eigenvalue weighted by Crippen LogP contribution is 2.63. The van der Waals surface area contributed by atoms with Crippen molar-refractivity contribution in [1.82, 2.24) is 0 Å². The Kier molecular flexibility index (Phi) is 3.12. The quantitative estimate of drug-likeness (QED) is 0.657. The summed E-state index contributed by atoms with van der Waals surface area (Å²) in [6.45, 7) is 1.97. The van der Waals surface area contributed by atoms with Crippen molar-refractivity contribution < 1.29 is 14.7 Å². The van der Waals surface area contributed by atoms with Crippen LogP contribution in [0.2, 0.25) is 0 Å². The SMILES string of the molecule is Cc1ccc(N2C(=O)[C@H]3C4c5ccccc5C(O)(c5ccccc54)[C@H]3C2=O)cc1. The minimum atomic E-state index is -1.50. The van der Waals surface area contributed by atoms with Gasteiger partial charge in [0, 0.05) is 5.92 Å². The van der Waals surface area contributed by atoms with Gasteiger partial charge >= 0.3 is 0 Å². The molecule has 7 rings (SSSR count). The Balaban J connectivity index is 1.61. The fraction of sp³-hybridized carbons (Fsp3) is 0.200. The van der Waals surface area contributed by atoms with Crippen LogP contribution in [0.1, 0.15) is 33.7 Å². The molecule has 1 fully saturated rings. The van der Waals surface area contributed by atoms with Gasteiger partial charge in [-0.05, 0) is 41.3 Å². The molecule has 142 valence electrons. The maximum atomic E-state index is 13.6. The topological polar surface area (TPSA) is 57.6 Å². The Labute approximate surface area is 168 Å². The minimum Gasteiger partial charge on any atom is -0.379 e. The third-order valence-corrected chi connectivity index (χ3v) is 6.87. The molecular weight excluding hydrogens is 362 g/mol. The Morgan fingerprint density at radius 2 is 1.34 bits per heavy atom. The van der Waals surface area contributed by atoms with E-state index >= 15 is 0 Å². The number of carbonyl (C=O) groups is 2. The molecule has 2 atom stereocenters. The lowest BCUT2D eigenvalue weighted by molar-refractivity contribution is -0.133. The van der Waals surface area contributed by atoms with Crippen molar-refractivity contribution in [2.24, 2.45) is 11.8 Å². The Morgan fingerprint density at radius 3 is 1.93 bits per heavy atom. The van der Waals surface area contributed by atoms with E-state index in [4.69, 9.17) is 0 Å². The van der Waals surface area contributed by atoms with Crippen LogP contribution in [-0.4, -0.2) is 16.9 Å². The number of hydrogen-bond donors (Lipinski definition) is 1. The zero-order valence-electron chi connectivity index (χ0n) is 15.9. The second kappa shape index (κ2) is 5.43. The minimum absolute atomic E-state index is 0.226. The largest absolute Gasteiger partial charge is 0.379 e. The first kappa shape index (κ1) is 16.7. The van der Waals surface area contributed by atoms with E-state index in [9.17, 15) is 14.7 Å². The number of imide groups is 1. The van der Waals surface area contributed by atoms with E-state index < -0.39 is 17.4 Å². The lowest BCUT2D eigenvalue weighted by Gasteiger charge is -2.51. The number of benzene rings is 3. The van der Waals surface area contributed by atoms with Gasteiger partial charge in [0.2, 0.25) is 11.8 Å². The van der Waals surface area contributed by atoms with Crippen LogP contribution < -0.4 is 4.90 Å². The Bertz CT molecular complexity index is 1150. The third-order valence-electron chi connectivity index (χ3n) is 6.87. The zero-order valence-corrected chi connectivity index (χ0v) is 15.9. The van der Waals surface area contributed by atoms with Crippen LogP contribution in [0.15, 0.2) is 72.8 Å². The average Bonchev–Trinajstić information content (AvgIpc) is 3.01. The molecule has 4 heteroatoms. The summed E-state index contributed by atoms with van der Waals surface area (Å²) in [5.74, 6) is -2.19. The smallest absolute Gasteiger partial charge is 0.241 e. The molecule has 3 aromatic rings. The van der Waals surface area contributed by atoms with Crippen LogP contribution in [0.3, 0.4) is 0 Å². The van der Waals surface area contributed by atoms with E-state index in [1.165, 1.54) is 4.90 Å². The molecule has 2 amide bonds. The molecule has 3 aliphatic carbocycles. The van der Waals surface area contributed by atoms with E-state index in [2.05, 4.69) is 0 Å². The second-order valence-corrected chi connectivity index (χ2v) is 8.27. The van der Waals surface area contributed by atoms with E-state index in [1.807, 2.05) is 67.6 Å². The molecule has 0 aromatic heterocycles. The predicted octanol–water partition coefficient (Wildman–Crippen LogP) is 3.50. The average molecular weight is 381 g/mol. The summed E-state index contributed by atoms with van der Waals surface area (Å²) >= 11 is 0. The second-order valence-electron chi connectivity index (χ2n) is 8.27. The van der Waals surface area contributed by atoms with E-state index in [0.29, 0.717) is 5.69 Å². The van der Waals surface area contributed by atoms with Crippen LogP contribution >= 0.6 is 0 Å². The summed E-state index contributed by atoms with van der Waals surface area (Å²) in [4.78, 5) is 28.5. The molecule has 0 spiro atoms. The fourth-order valence-corrected chi connectivity index (χ4v) is 5.68. The van der Waals surface area contributed by atoms with Gasteiger partial charge in [0.1, 0.15) is 5.60 Å². The van der Waals surface area contributed by atoms with Crippen LogP contribution in [0.4, 0.5) is 5.69 Å². The van der Waals surface area contributed by atoms with Gasteiger partial charge in [0.25, 0.3) is 0 Å². The molecule has 3 aromatic carbocycles. The lowest BCUT2D eigenvalue weighted by atomic mass is 9.52. The van der Waals surface area contributed by atoms with Crippen molar-refractivity contribution in [1.29, 1.82) is 0 Å². The van der Waals surface area contributed by atoms with Gasteiger partial charge in [0.15, 0.2) is 0 Å². The van der Waals surface area contributed by atoms with E-state index in [-0.39, 0.29) is 17.7 Å². The highest BCUT2D eigenvalue weighted by Gasteiger charge is 2.68. The molecular formula is C25H19NO3. The third kappa shape index (κ3) is 1.87. The van der Waals surface area contributed by atoms with Gasteiger partial charge in [-0.15, -0.1) is 0 Å². The van der Waals surface area contributed by atoms with Gasteiger partial charge in [-0.3, -0.25) is 9.59 Å². The number of rotatable bonds is 1. The number of anilines is 1. The molecule has 0 saturated carbocycles. The van der Waals surface area contributed by atoms with Crippen molar-refractivity contribution >= 4 is 17.5 Å². The molecule has 1 aliphatic heterocycles. The van der Waals surface area contributed by atoms with Crippen molar-refractivity contribution in [3.05, 3.63) is 101 Å². The summed E-state index contributed by atoms with van der Waals surface area (Å²) in [6, 6.07) is 22.7. The highest BCUT2D eigenvalue weighted by atomic mass is 16.3. The van der Waals surface area contributed by atoms with E-state index in [0.717, 1.165) is 27.8 Å². The number of aryl methyl sites for hydroxylation is 1. The normalized spacial score (nSPS) is 28.9. The van der Waals surface area contributed by atoms with Crippen LogP contribution in [0.25, 0.3) is 0 Å². The zero-order chi connectivity index (χ0) is 19.9. The summed E-state index contributed by atoms with van der Waals surface area (Å²) in [5, 5.41) is 12.1. The Hall–Kier alpha value is -3.24. The number of aliphatic hydroxyl groups is 1. The van der Waals surface area contributed by atoms with Gasteiger partial charge in [-0.2, -0.15) is 0 Å². The highest BCUT2D eigenvalue weighted by molar-refractivity contribution is 6.23. The van der Waals surface area contributed by atoms with Crippen molar-refractivity contribution in [3.8, 4) is 0 Å². The first-order valence-corrected chi connectivity index (χ1v) is 9.89. The van der Waals surface area contributed by atoms with Crippen LogP contribution in [0, 0.1) is 18.8 Å². The molecule has 4 aliphatic rings. The summed E-state index contributed by atoms with van der Waals surface area (Å²) in [7, 11) is 0. The fourth-order valence-electron chi connectivity index (χ4n) is 5.68. The number of nitrogens with zero attached hydrogens (tertiary/aromatic N) is 1.